The molecule has 0 radical (unpaired) electrons. The standard InChI is InChI=1S/C9H15F3O/c1-8(5-6-8)7(13)3-2-4-9(10,11)12/h7,13H,2-6H2,1H3. The van der Waals surface area contributed by atoms with Crippen LogP contribution in [-0.4, -0.2) is 17.4 Å². The number of rotatable bonds is 4. The highest BCUT2D eigenvalue weighted by Gasteiger charge is 2.43. The van der Waals surface area contributed by atoms with Crippen LogP contribution in [-0.2, 0) is 0 Å². The lowest BCUT2D eigenvalue weighted by atomic mass is 9.97. The number of halogens is 3. The van der Waals surface area contributed by atoms with Crippen LogP contribution in [0.2, 0.25) is 0 Å². The molecule has 78 valence electrons. The van der Waals surface area contributed by atoms with Gasteiger partial charge in [0.05, 0.1) is 6.10 Å². The lowest BCUT2D eigenvalue weighted by Gasteiger charge is -2.17. The first-order valence-electron chi connectivity index (χ1n) is 4.58. The van der Waals surface area contributed by atoms with Gasteiger partial charge in [0.15, 0.2) is 0 Å². The minimum absolute atomic E-state index is 0.0419. The molecule has 0 bridgehead atoms. The summed E-state index contributed by atoms with van der Waals surface area (Å²) < 4.78 is 35.2. The van der Waals surface area contributed by atoms with E-state index in [1.807, 2.05) is 6.92 Å². The Labute approximate surface area is 75.9 Å². The van der Waals surface area contributed by atoms with Crippen LogP contribution >= 0.6 is 0 Å². The number of aliphatic hydroxyl groups is 1. The molecule has 0 aromatic carbocycles. The van der Waals surface area contributed by atoms with E-state index >= 15 is 0 Å². The van der Waals surface area contributed by atoms with E-state index in [0.29, 0.717) is 0 Å². The number of hydrogen-bond acceptors (Lipinski definition) is 1. The van der Waals surface area contributed by atoms with Crippen LogP contribution in [0.1, 0.15) is 39.0 Å². The van der Waals surface area contributed by atoms with Crippen LogP contribution in [0, 0.1) is 5.41 Å². The molecule has 0 aromatic rings. The van der Waals surface area contributed by atoms with Crippen LogP contribution < -0.4 is 0 Å². The van der Waals surface area contributed by atoms with Crippen molar-refractivity contribution in [3.63, 3.8) is 0 Å². The summed E-state index contributed by atoms with van der Waals surface area (Å²) in [5.74, 6) is 0. The molecule has 1 aliphatic carbocycles. The quantitative estimate of drug-likeness (QED) is 0.733. The van der Waals surface area contributed by atoms with Gasteiger partial charge in [-0.2, -0.15) is 13.2 Å². The summed E-state index contributed by atoms with van der Waals surface area (Å²) in [5.41, 5.74) is -0.0778. The lowest BCUT2D eigenvalue weighted by Crippen LogP contribution is -2.19. The van der Waals surface area contributed by atoms with E-state index in [4.69, 9.17) is 0 Å². The first kappa shape index (κ1) is 10.8. The molecule has 0 amide bonds. The van der Waals surface area contributed by atoms with E-state index in [2.05, 4.69) is 0 Å². The minimum atomic E-state index is -4.08. The fourth-order valence-corrected chi connectivity index (χ4v) is 1.37. The van der Waals surface area contributed by atoms with Gasteiger partial charge in [0.2, 0.25) is 0 Å². The summed E-state index contributed by atoms with van der Waals surface area (Å²) in [6.45, 7) is 1.92. The largest absolute Gasteiger partial charge is 0.393 e. The van der Waals surface area contributed by atoms with Gasteiger partial charge in [0.25, 0.3) is 0 Å². The highest BCUT2D eigenvalue weighted by Crippen LogP contribution is 2.49. The van der Waals surface area contributed by atoms with Gasteiger partial charge in [-0.25, -0.2) is 0 Å². The average molecular weight is 196 g/mol. The second-order valence-corrected chi connectivity index (χ2v) is 4.18. The Kier molecular flexibility index (Phi) is 2.90. The number of hydrogen-bond donors (Lipinski definition) is 1. The van der Waals surface area contributed by atoms with E-state index < -0.39 is 18.7 Å². The Morgan fingerprint density at radius 1 is 1.38 bits per heavy atom. The van der Waals surface area contributed by atoms with Crippen molar-refractivity contribution in [2.24, 2.45) is 5.41 Å². The predicted molar refractivity (Wildman–Crippen MR) is 43.3 cm³/mol. The van der Waals surface area contributed by atoms with Crippen molar-refractivity contribution < 1.29 is 18.3 Å². The SMILES string of the molecule is CC1(C(O)CCCC(F)(F)F)CC1. The van der Waals surface area contributed by atoms with Crippen molar-refractivity contribution in [2.75, 3.05) is 0 Å². The molecule has 1 nitrogen and oxygen atoms in total. The van der Waals surface area contributed by atoms with Crippen LogP contribution in [0.15, 0.2) is 0 Å². The smallest absolute Gasteiger partial charge is 0.389 e. The van der Waals surface area contributed by atoms with Crippen LogP contribution in [0.5, 0.6) is 0 Å². The lowest BCUT2D eigenvalue weighted by molar-refractivity contribution is -0.136. The van der Waals surface area contributed by atoms with E-state index in [1.54, 1.807) is 0 Å². The van der Waals surface area contributed by atoms with Crippen LogP contribution in [0.3, 0.4) is 0 Å². The summed E-state index contributed by atoms with van der Waals surface area (Å²) in [5, 5.41) is 9.48. The maximum atomic E-state index is 11.7. The van der Waals surface area contributed by atoms with Crippen molar-refractivity contribution in [3.05, 3.63) is 0 Å². The Balaban J connectivity index is 2.12. The van der Waals surface area contributed by atoms with Crippen molar-refractivity contribution in [3.8, 4) is 0 Å². The van der Waals surface area contributed by atoms with Gasteiger partial charge in [0.1, 0.15) is 0 Å². The Hall–Kier alpha value is -0.250. The van der Waals surface area contributed by atoms with Crippen molar-refractivity contribution in [1.82, 2.24) is 0 Å². The second kappa shape index (κ2) is 3.48. The third-order valence-electron chi connectivity index (χ3n) is 2.78. The molecule has 0 aromatic heterocycles. The molecule has 13 heavy (non-hydrogen) atoms. The molecule has 1 rings (SSSR count). The Bertz CT molecular complexity index is 172. The van der Waals surface area contributed by atoms with Crippen LogP contribution in [0.4, 0.5) is 13.2 Å². The summed E-state index contributed by atoms with van der Waals surface area (Å²) in [6, 6.07) is 0. The van der Waals surface area contributed by atoms with Gasteiger partial charge in [-0.1, -0.05) is 6.92 Å². The molecular weight excluding hydrogens is 181 g/mol. The van der Waals surface area contributed by atoms with Gasteiger partial charge in [-0.15, -0.1) is 0 Å². The zero-order valence-corrected chi connectivity index (χ0v) is 7.69. The fraction of sp³-hybridized carbons (Fsp3) is 1.00. The molecular formula is C9H15F3O. The second-order valence-electron chi connectivity index (χ2n) is 4.18. The number of alkyl halides is 3. The first-order chi connectivity index (χ1) is 5.83. The summed E-state index contributed by atoms with van der Waals surface area (Å²) in [7, 11) is 0. The van der Waals surface area contributed by atoms with Gasteiger partial charge >= 0.3 is 6.18 Å². The minimum Gasteiger partial charge on any atom is -0.393 e. The van der Waals surface area contributed by atoms with Gasteiger partial charge in [0, 0.05) is 6.42 Å². The van der Waals surface area contributed by atoms with Crippen molar-refractivity contribution in [1.29, 1.82) is 0 Å². The molecule has 1 saturated carbocycles. The van der Waals surface area contributed by atoms with Gasteiger partial charge < -0.3 is 5.11 Å². The summed E-state index contributed by atoms with van der Waals surface area (Å²) in [4.78, 5) is 0. The molecule has 0 saturated heterocycles. The third-order valence-corrected chi connectivity index (χ3v) is 2.78. The van der Waals surface area contributed by atoms with E-state index in [-0.39, 0.29) is 18.3 Å². The molecule has 0 spiro atoms. The van der Waals surface area contributed by atoms with Crippen LogP contribution in [0.25, 0.3) is 0 Å². The molecule has 0 aliphatic heterocycles. The Morgan fingerprint density at radius 2 is 1.92 bits per heavy atom. The molecule has 1 atom stereocenters. The molecule has 4 heteroatoms. The van der Waals surface area contributed by atoms with E-state index in [9.17, 15) is 18.3 Å². The normalized spacial score (nSPS) is 22.8. The maximum absolute atomic E-state index is 11.7. The molecule has 1 aliphatic rings. The monoisotopic (exact) mass is 196 g/mol. The number of aliphatic hydroxyl groups excluding tert-OH is 1. The zero-order valence-electron chi connectivity index (χ0n) is 7.69. The Morgan fingerprint density at radius 3 is 2.31 bits per heavy atom. The van der Waals surface area contributed by atoms with Gasteiger partial charge in [-0.3, -0.25) is 0 Å². The maximum Gasteiger partial charge on any atom is 0.389 e. The van der Waals surface area contributed by atoms with E-state index in [0.717, 1.165) is 12.8 Å². The molecule has 1 unspecified atom stereocenters. The highest BCUT2D eigenvalue weighted by atomic mass is 19.4. The molecule has 0 heterocycles. The topological polar surface area (TPSA) is 20.2 Å². The zero-order chi connectivity index (χ0) is 10.1. The molecule has 1 N–H and O–H groups in total. The van der Waals surface area contributed by atoms with Crippen molar-refractivity contribution in [2.45, 2.75) is 51.3 Å². The third kappa shape index (κ3) is 3.55. The summed E-state index contributed by atoms with van der Waals surface area (Å²) in [6.07, 6.45) is -3.20. The van der Waals surface area contributed by atoms with Gasteiger partial charge in [-0.05, 0) is 31.1 Å². The highest BCUT2D eigenvalue weighted by molar-refractivity contribution is 4.94. The fourth-order valence-electron chi connectivity index (χ4n) is 1.37. The molecule has 1 fully saturated rings. The van der Waals surface area contributed by atoms with E-state index in [1.165, 1.54) is 0 Å². The first-order valence-corrected chi connectivity index (χ1v) is 4.58. The average Bonchev–Trinajstić information content (AvgIpc) is 2.66. The predicted octanol–water partition coefficient (Wildman–Crippen LogP) is 2.88. The van der Waals surface area contributed by atoms with Crippen molar-refractivity contribution >= 4 is 0 Å². The summed E-state index contributed by atoms with van der Waals surface area (Å²) >= 11 is 0.